The van der Waals surface area contributed by atoms with Gasteiger partial charge in [-0.05, 0) is 36.6 Å². The predicted molar refractivity (Wildman–Crippen MR) is 77.2 cm³/mol. The minimum absolute atomic E-state index is 0.0818. The number of sulfonamides is 1. The number of benzene rings is 1. The third-order valence-corrected chi connectivity index (χ3v) is 5.75. The van der Waals surface area contributed by atoms with E-state index in [9.17, 15) is 12.8 Å². The van der Waals surface area contributed by atoms with Gasteiger partial charge >= 0.3 is 0 Å². The van der Waals surface area contributed by atoms with E-state index in [4.69, 9.17) is 11.6 Å². The fourth-order valence-electron chi connectivity index (χ4n) is 1.69. The van der Waals surface area contributed by atoms with Gasteiger partial charge in [0.05, 0.1) is 6.20 Å². The Morgan fingerprint density at radius 1 is 1.45 bits per heavy atom. The van der Waals surface area contributed by atoms with Gasteiger partial charge in [0.25, 0.3) is 10.0 Å². The van der Waals surface area contributed by atoms with Gasteiger partial charge in [-0.2, -0.15) is 0 Å². The van der Waals surface area contributed by atoms with E-state index in [2.05, 4.69) is 9.71 Å². The van der Waals surface area contributed by atoms with E-state index in [-0.39, 0.29) is 21.0 Å². The van der Waals surface area contributed by atoms with E-state index < -0.39 is 10.0 Å². The lowest BCUT2D eigenvalue weighted by atomic mass is 10.1. The zero-order valence-corrected chi connectivity index (χ0v) is 12.9. The van der Waals surface area contributed by atoms with Crippen LogP contribution in [0.4, 0.5) is 4.39 Å². The van der Waals surface area contributed by atoms with E-state index in [0.29, 0.717) is 6.42 Å². The lowest BCUT2D eigenvalue weighted by molar-refractivity contribution is 0.583. The smallest absolute Gasteiger partial charge is 0.232 e. The van der Waals surface area contributed by atoms with Crippen LogP contribution in [0.15, 0.2) is 28.6 Å². The molecule has 0 radical (unpaired) electrons. The van der Waals surface area contributed by atoms with E-state index in [1.807, 2.05) is 0 Å². The van der Waals surface area contributed by atoms with Crippen LogP contribution in [0.3, 0.4) is 0 Å². The second-order valence-corrected chi connectivity index (χ2v) is 7.76. The number of nitrogens with one attached hydrogen (secondary N) is 1. The molecule has 8 heteroatoms. The van der Waals surface area contributed by atoms with Crippen molar-refractivity contribution < 1.29 is 12.8 Å². The maximum atomic E-state index is 13.0. The van der Waals surface area contributed by atoms with Gasteiger partial charge in [-0.1, -0.05) is 29.0 Å². The van der Waals surface area contributed by atoms with Crippen molar-refractivity contribution >= 4 is 33.0 Å². The number of aryl methyl sites for hydroxylation is 1. The van der Waals surface area contributed by atoms with Crippen molar-refractivity contribution in [2.24, 2.45) is 0 Å². The molecule has 0 saturated carbocycles. The van der Waals surface area contributed by atoms with Crippen molar-refractivity contribution in [1.29, 1.82) is 0 Å². The van der Waals surface area contributed by atoms with Crippen LogP contribution in [-0.4, -0.2) is 19.9 Å². The minimum Gasteiger partial charge on any atom is -0.232 e. The van der Waals surface area contributed by atoms with Crippen LogP contribution in [0.25, 0.3) is 0 Å². The fraction of sp³-hybridized carbons (Fsp3) is 0.250. The predicted octanol–water partition coefficient (Wildman–Crippen LogP) is 2.77. The molecule has 0 aliphatic rings. The summed E-state index contributed by atoms with van der Waals surface area (Å²) in [4.78, 5) is 3.70. The van der Waals surface area contributed by atoms with Crippen molar-refractivity contribution in [3.63, 3.8) is 0 Å². The highest BCUT2D eigenvalue weighted by Crippen LogP contribution is 2.22. The minimum atomic E-state index is -3.58. The number of hydrogen-bond acceptors (Lipinski definition) is 4. The molecule has 1 aromatic carbocycles. The topological polar surface area (TPSA) is 59.1 Å². The van der Waals surface area contributed by atoms with Crippen molar-refractivity contribution in [3.8, 4) is 0 Å². The molecule has 1 N–H and O–H groups in total. The SMILES string of the molecule is Cc1cc(F)ccc1CCNS(=O)(=O)c1cnc(Cl)s1. The standard InChI is InChI=1S/C12H12ClFN2O2S2/c1-8-6-10(14)3-2-9(8)4-5-16-20(17,18)11-7-15-12(13)19-11/h2-3,6-7,16H,4-5H2,1H3. The Hall–Kier alpha value is -1.02. The highest BCUT2D eigenvalue weighted by Gasteiger charge is 2.16. The fourth-order valence-corrected chi connectivity index (χ4v) is 4.06. The number of hydrogen-bond donors (Lipinski definition) is 1. The molecule has 1 heterocycles. The van der Waals surface area contributed by atoms with E-state index >= 15 is 0 Å². The number of halogens is 2. The molecule has 0 aliphatic heterocycles. The Morgan fingerprint density at radius 2 is 2.20 bits per heavy atom. The van der Waals surface area contributed by atoms with E-state index in [0.717, 1.165) is 22.5 Å². The molecule has 0 atom stereocenters. The Bertz CT molecular complexity index is 716. The van der Waals surface area contributed by atoms with Crippen LogP contribution >= 0.6 is 22.9 Å². The van der Waals surface area contributed by atoms with Crippen LogP contribution in [0.2, 0.25) is 4.47 Å². The van der Waals surface area contributed by atoms with Crippen LogP contribution < -0.4 is 4.72 Å². The summed E-state index contributed by atoms with van der Waals surface area (Å²) in [5.74, 6) is -0.300. The molecule has 0 aliphatic carbocycles. The molecule has 2 aromatic rings. The summed E-state index contributed by atoms with van der Waals surface area (Å²) in [5, 5.41) is 0. The van der Waals surface area contributed by atoms with Gasteiger partial charge < -0.3 is 0 Å². The molecular formula is C12H12ClFN2O2S2. The van der Waals surface area contributed by atoms with Crippen molar-refractivity contribution in [2.75, 3.05) is 6.54 Å². The molecule has 0 amide bonds. The maximum Gasteiger partial charge on any atom is 0.251 e. The van der Waals surface area contributed by atoms with Crippen molar-refractivity contribution in [3.05, 3.63) is 45.8 Å². The second kappa shape index (κ2) is 6.17. The van der Waals surface area contributed by atoms with Gasteiger partial charge in [0, 0.05) is 6.54 Å². The first-order valence-electron chi connectivity index (χ1n) is 5.74. The molecule has 108 valence electrons. The first-order chi connectivity index (χ1) is 9.38. The molecule has 1 aromatic heterocycles. The summed E-state index contributed by atoms with van der Waals surface area (Å²) in [6, 6.07) is 4.44. The van der Waals surface area contributed by atoms with Crippen LogP contribution in [0.5, 0.6) is 0 Å². The van der Waals surface area contributed by atoms with Gasteiger partial charge in [-0.15, -0.1) is 0 Å². The molecule has 0 bridgehead atoms. The summed E-state index contributed by atoms with van der Waals surface area (Å²) in [5.41, 5.74) is 1.70. The van der Waals surface area contributed by atoms with Gasteiger partial charge in [0.15, 0.2) is 8.68 Å². The average Bonchev–Trinajstić information content (AvgIpc) is 2.79. The second-order valence-electron chi connectivity index (χ2n) is 4.15. The summed E-state index contributed by atoms with van der Waals surface area (Å²) in [6.07, 6.45) is 1.70. The Kier molecular flexibility index (Phi) is 4.74. The number of nitrogens with zero attached hydrogens (tertiary/aromatic N) is 1. The lowest BCUT2D eigenvalue weighted by Gasteiger charge is -2.07. The van der Waals surface area contributed by atoms with Gasteiger partial charge in [-0.3, -0.25) is 0 Å². The molecule has 0 unspecified atom stereocenters. The summed E-state index contributed by atoms with van der Waals surface area (Å²) in [6.45, 7) is 2.01. The third kappa shape index (κ3) is 3.76. The van der Waals surface area contributed by atoms with Crippen LogP contribution in [-0.2, 0) is 16.4 Å². The first kappa shape index (κ1) is 15.4. The quantitative estimate of drug-likeness (QED) is 0.914. The number of thiazole rings is 1. The highest BCUT2D eigenvalue weighted by atomic mass is 35.5. The van der Waals surface area contributed by atoms with Crippen LogP contribution in [0.1, 0.15) is 11.1 Å². The van der Waals surface area contributed by atoms with E-state index in [1.165, 1.54) is 18.3 Å². The largest absolute Gasteiger partial charge is 0.251 e. The molecule has 20 heavy (non-hydrogen) atoms. The zero-order chi connectivity index (χ0) is 14.8. The van der Waals surface area contributed by atoms with Gasteiger partial charge in [-0.25, -0.2) is 22.5 Å². The molecule has 0 fully saturated rings. The van der Waals surface area contributed by atoms with Gasteiger partial charge in [0.1, 0.15) is 5.82 Å². The summed E-state index contributed by atoms with van der Waals surface area (Å²) < 4.78 is 39.5. The number of rotatable bonds is 5. The molecule has 2 rings (SSSR count). The lowest BCUT2D eigenvalue weighted by Crippen LogP contribution is -2.25. The molecule has 0 spiro atoms. The Balaban J connectivity index is 1.99. The molecule has 0 saturated heterocycles. The number of aromatic nitrogens is 1. The Labute approximate surface area is 125 Å². The Morgan fingerprint density at radius 3 is 2.80 bits per heavy atom. The summed E-state index contributed by atoms with van der Waals surface area (Å²) >= 11 is 6.51. The zero-order valence-electron chi connectivity index (χ0n) is 10.6. The monoisotopic (exact) mass is 334 g/mol. The van der Waals surface area contributed by atoms with Gasteiger partial charge in [0.2, 0.25) is 0 Å². The van der Waals surface area contributed by atoms with Crippen LogP contribution in [0, 0.1) is 12.7 Å². The van der Waals surface area contributed by atoms with Crippen molar-refractivity contribution in [1.82, 2.24) is 9.71 Å². The first-order valence-corrected chi connectivity index (χ1v) is 8.42. The van der Waals surface area contributed by atoms with Crippen molar-refractivity contribution in [2.45, 2.75) is 17.6 Å². The summed E-state index contributed by atoms with van der Waals surface area (Å²) in [7, 11) is -3.58. The van der Waals surface area contributed by atoms with E-state index in [1.54, 1.807) is 13.0 Å². The molecular weight excluding hydrogens is 323 g/mol. The normalized spacial score (nSPS) is 11.8. The molecule has 4 nitrogen and oxygen atoms in total. The highest BCUT2D eigenvalue weighted by molar-refractivity contribution is 7.91. The maximum absolute atomic E-state index is 13.0. The third-order valence-electron chi connectivity index (χ3n) is 2.71. The average molecular weight is 335 g/mol.